The van der Waals surface area contributed by atoms with Crippen LogP contribution in [0.25, 0.3) is 27.9 Å². The number of aromatic nitrogens is 5. The molecule has 0 bridgehead atoms. The maximum absolute atomic E-state index is 10.8. The molecule has 8 heteroatoms. The number of pyridine rings is 2. The quantitative estimate of drug-likeness (QED) is 0.529. The van der Waals surface area contributed by atoms with Crippen LogP contribution in [0.15, 0.2) is 30.5 Å². The summed E-state index contributed by atoms with van der Waals surface area (Å²) in [4.78, 5) is 16.4. The summed E-state index contributed by atoms with van der Waals surface area (Å²) in [6, 6.07) is 9.17. The lowest BCUT2D eigenvalue weighted by molar-refractivity contribution is 0.482. The first kappa shape index (κ1) is 18.5. The first-order chi connectivity index (χ1) is 15.0. The third kappa shape index (κ3) is 3.27. The largest absolute Gasteiger partial charge is 0.504 e. The Morgan fingerprint density at radius 1 is 0.968 bits per heavy atom. The Hall–Kier alpha value is -3.26. The fourth-order valence-electron chi connectivity index (χ4n) is 4.55. The van der Waals surface area contributed by atoms with Crippen molar-refractivity contribution in [3.8, 4) is 17.1 Å². The van der Waals surface area contributed by atoms with Crippen LogP contribution in [0.2, 0.25) is 0 Å². The number of aromatic hydroxyl groups is 1. The Balaban J connectivity index is 1.31. The molecule has 1 saturated carbocycles. The summed E-state index contributed by atoms with van der Waals surface area (Å²) >= 11 is 0. The van der Waals surface area contributed by atoms with E-state index in [4.69, 9.17) is 9.97 Å². The summed E-state index contributed by atoms with van der Waals surface area (Å²) < 4.78 is 1.68. The predicted octanol–water partition coefficient (Wildman–Crippen LogP) is 2.99. The van der Waals surface area contributed by atoms with Gasteiger partial charge in [-0.15, -0.1) is 0 Å². The van der Waals surface area contributed by atoms with Gasteiger partial charge in [0.05, 0.1) is 34.3 Å². The Morgan fingerprint density at radius 2 is 1.77 bits per heavy atom. The van der Waals surface area contributed by atoms with Gasteiger partial charge < -0.3 is 15.3 Å². The molecule has 0 aromatic carbocycles. The van der Waals surface area contributed by atoms with Crippen molar-refractivity contribution in [1.29, 1.82) is 0 Å². The van der Waals surface area contributed by atoms with Gasteiger partial charge in [0.25, 0.3) is 0 Å². The van der Waals surface area contributed by atoms with E-state index in [1.807, 2.05) is 44.3 Å². The molecule has 2 aliphatic rings. The van der Waals surface area contributed by atoms with E-state index in [2.05, 4.69) is 20.3 Å². The number of anilines is 1. The molecular formula is C23H25N7O. The van der Waals surface area contributed by atoms with Crippen molar-refractivity contribution >= 4 is 22.4 Å². The molecule has 4 aromatic rings. The van der Waals surface area contributed by atoms with Crippen molar-refractivity contribution in [2.75, 3.05) is 18.0 Å². The van der Waals surface area contributed by atoms with Crippen LogP contribution in [-0.4, -0.2) is 54.8 Å². The molecule has 0 spiro atoms. The molecule has 8 nitrogen and oxygen atoms in total. The molecule has 158 valence electrons. The van der Waals surface area contributed by atoms with Gasteiger partial charge in [-0.2, -0.15) is 5.10 Å². The van der Waals surface area contributed by atoms with Gasteiger partial charge in [0.15, 0.2) is 11.4 Å². The van der Waals surface area contributed by atoms with Gasteiger partial charge in [0, 0.05) is 25.2 Å². The number of nitrogens with one attached hydrogen (secondary N) is 1. The summed E-state index contributed by atoms with van der Waals surface area (Å²) in [5.41, 5.74) is 4.90. The third-order valence-corrected chi connectivity index (χ3v) is 6.21. The second-order valence-corrected chi connectivity index (χ2v) is 8.73. The van der Waals surface area contributed by atoms with Crippen LogP contribution in [0.5, 0.6) is 5.75 Å². The van der Waals surface area contributed by atoms with E-state index in [1.165, 1.54) is 12.8 Å². The Bertz CT molecular complexity index is 1310. The van der Waals surface area contributed by atoms with E-state index in [1.54, 1.807) is 4.52 Å². The fraction of sp³-hybridized carbons (Fsp3) is 0.391. The average molecular weight is 416 g/mol. The first-order valence-electron chi connectivity index (χ1n) is 10.9. The molecule has 5 heterocycles. The van der Waals surface area contributed by atoms with Gasteiger partial charge in [-0.3, -0.25) is 4.98 Å². The van der Waals surface area contributed by atoms with Crippen LogP contribution < -0.4 is 10.2 Å². The molecule has 2 N–H and O–H groups in total. The topological polar surface area (TPSA) is 91.5 Å². The van der Waals surface area contributed by atoms with E-state index in [0.29, 0.717) is 22.9 Å². The number of nitrogens with zero attached hydrogens (tertiary/aromatic N) is 6. The molecule has 0 amide bonds. The Kier molecular flexibility index (Phi) is 4.11. The van der Waals surface area contributed by atoms with Crippen LogP contribution in [0.3, 0.4) is 0 Å². The second kappa shape index (κ2) is 6.88. The van der Waals surface area contributed by atoms with Crippen molar-refractivity contribution in [3.63, 3.8) is 0 Å². The molecule has 1 unspecified atom stereocenters. The third-order valence-electron chi connectivity index (χ3n) is 6.21. The summed E-state index contributed by atoms with van der Waals surface area (Å²) in [6.07, 6.45) is 5.60. The highest BCUT2D eigenvalue weighted by Gasteiger charge is 2.29. The molecule has 1 aliphatic carbocycles. The van der Waals surface area contributed by atoms with Crippen molar-refractivity contribution in [2.45, 2.75) is 45.2 Å². The second-order valence-electron chi connectivity index (χ2n) is 8.73. The maximum atomic E-state index is 10.8. The molecule has 1 saturated heterocycles. The highest BCUT2D eigenvalue weighted by atomic mass is 16.3. The normalized spacial score (nSPS) is 19.0. The number of fused-ring (bicyclic) bond motifs is 2. The minimum absolute atomic E-state index is 0.104. The summed E-state index contributed by atoms with van der Waals surface area (Å²) in [7, 11) is 0. The van der Waals surface area contributed by atoms with Gasteiger partial charge in [0.2, 0.25) is 0 Å². The molecule has 4 aromatic heterocycles. The molecule has 6 rings (SSSR count). The Morgan fingerprint density at radius 3 is 2.61 bits per heavy atom. The summed E-state index contributed by atoms with van der Waals surface area (Å²) in [5, 5.41) is 19.1. The SMILES string of the molecule is Cc1cn2nc(-c3ccc4nc(N5CCC(NC6CC6)C5)ccc4n3)c(O)c2c(C)n1. The van der Waals surface area contributed by atoms with Crippen LogP contribution >= 0.6 is 0 Å². The molecule has 1 aliphatic heterocycles. The number of rotatable bonds is 4. The van der Waals surface area contributed by atoms with Crippen LogP contribution in [0.4, 0.5) is 5.82 Å². The zero-order valence-electron chi connectivity index (χ0n) is 17.7. The zero-order valence-corrected chi connectivity index (χ0v) is 17.7. The predicted molar refractivity (Wildman–Crippen MR) is 119 cm³/mol. The van der Waals surface area contributed by atoms with Crippen molar-refractivity contribution in [1.82, 2.24) is 29.9 Å². The fourth-order valence-corrected chi connectivity index (χ4v) is 4.55. The lowest BCUT2D eigenvalue weighted by Crippen LogP contribution is -2.34. The smallest absolute Gasteiger partial charge is 0.173 e. The van der Waals surface area contributed by atoms with Gasteiger partial charge in [-0.1, -0.05) is 0 Å². The van der Waals surface area contributed by atoms with Crippen molar-refractivity contribution < 1.29 is 5.11 Å². The molecule has 31 heavy (non-hydrogen) atoms. The number of aryl methyl sites for hydroxylation is 2. The van der Waals surface area contributed by atoms with E-state index < -0.39 is 0 Å². The first-order valence-corrected chi connectivity index (χ1v) is 10.9. The molecule has 1 atom stereocenters. The summed E-state index contributed by atoms with van der Waals surface area (Å²) in [5.74, 6) is 1.10. The minimum atomic E-state index is 0.104. The maximum Gasteiger partial charge on any atom is 0.173 e. The highest BCUT2D eigenvalue weighted by Crippen LogP contribution is 2.33. The zero-order chi connectivity index (χ0) is 21.1. The summed E-state index contributed by atoms with van der Waals surface area (Å²) in [6.45, 7) is 5.81. The highest BCUT2D eigenvalue weighted by molar-refractivity contribution is 5.82. The van der Waals surface area contributed by atoms with Crippen LogP contribution in [0.1, 0.15) is 30.7 Å². The molecular weight excluding hydrogens is 390 g/mol. The minimum Gasteiger partial charge on any atom is -0.504 e. The van der Waals surface area contributed by atoms with Gasteiger partial charge in [0.1, 0.15) is 11.3 Å². The lowest BCUT2D eigenvalue weighted by Gasteiger charge is -2.18. The number of hydrogen-bond acceptors (Lipinski definition) is 7. The van der Waals surface area contributed by atoms with E-state index in [0.717, 1.165) is 53.8 Å². The standard InChI is InChI=1S/C23H25N7O/c1-13-11-30-22(14(2)24-13)23(31)21(28-30)19-6-5-18-17(26-19)7-8-20(27-18)29-10-9-16(12-29)25-15-3-4-15/h5-8,11,15-16,25,31H,3-4,9-10,12H2,1-2H3. The Labute approximate surface area is 180 Å². The van der Waals surface area contributed by atoms with E-state index in [9.17, 15) is 5.11 Å². The lowest BCUT2D eigenvalue weighted by atomic mass is 10.2. The van der Waals surface area contributed by atoms with E-state index in [-0.39, 0.29) is 5.75 Å². The monoisotopic (exact) mass is 415 g/mol. The average Bonchev–Trinajstić information content (AvgIpc) is 3.33. The number of hydrogen-bond donors (Lipinski definition) is 2. The van der Waals surface area contributed by atoms with Gasteiger partial charge in [-0.25, -0.2) is 14.5 Å². The van der Waals surface area contributed by atoms with E-state index >= 15 is 0 Å². The molecule has 2 fully saturated rings. The van der Waals surface area contributed by atoms with Gasteiger partial charge >= 0.3 is 0 Å². The van der Waals surface area contributed by atoms with Crippen molar-refractivity contribution in [3.05, 3.63) is 41.9 Å². The van der Waals surface area contributed by atoms with Crippen molar-refractivity contribution in [2.24, 2.45) is 0 Å². The molecule has 0 radical (unpaired) electrons. The van der Waals surface area contributed by atoms with Crippen LogP contribution in [-0.2, 0) is 0 Å². The van der Waals surface area contributed by atoms with Crippen LogP contribution in [0, 0.1) is 13.8 Å². The van der Waals surface area contributed by atoms with Gasteiger partial charge in [-0.05, 0) is 57.4 Å².